The summed E-state index contributed by atoms with van der Waals surface area (Å²) in [5, 5.41) is 0. The van der Waals surface area contributed by atoms with E-state index in [9.17, 15) is 18.0 Å². The zero-order valence-electron chi connectivity index (χ0n) is 14.9. The maximum atomic E-state index is 12.8. The number of amides is 2. The fourth-order valence-corrected chi connectivity index (χ4v) is 5.19. The summed E-state index contributed by atoms with van der Waals surface area (Å²) in [5.41, 5.74) is 1.00. The van der Waals surface area contributed by atoms with Gasteiger partial charge >= 0.3 is 0 Å². The maximum absolute atomic E-state index is 12.8. The highest BCUT2D eigenvalue weighted by Crippen LogP contribution is 2.20. The van der Waals surface area contributed by atoms with Gasteiger partial charge in [-0.3, -0.25) is 9.59 Å². The van der Waals surface area contributed by atoms with Gasteiger partial charge in [0.2, 0.25) is 0 Å². The van der Waals surface area contributed by atoms with E-state index in [-0.39, 0.29) is 29.4 Å². The van der Waals surface area contributed by atoms with Crippen molar-refractivity contribution < 1.29 is 22.7 Å². The molecular weight excluding hydrogens is 356 g/mol. The molecular formula is C18H24N2O5S. The van der Waals surface area contributed by atoms with Crippen LogP contribution in [0.25, 0.3) is 0 Å². The van der Waals surface area contributed by atoms with Crippen molar-refractivity contribution in [1.29, 1.82) is 0 Å². The van der Waals surface area contributed by atoms with E-state index < -0.39 is 9.84 Å². The summed E-state index contributed by atoms with van der Waals surface area (Å²) in [5.74, 6) is -0.101. The topological polar surface area (TPSA) is 84.0 Å². The van der Waals surface area contributed by atoms with Gasteiger partial charge in [0, 0.05) is 36.8 Å². The molecule has 142 valence electrons. The van der Waals surface area contributed by atoms with Crippen molar-refractivity contribution in [3.05, 3.63) is 35.4 Å². The van der Waals surface area contributed by atoms with Crippen LogP contribution in [-0.2, 0) is 14.6 Å². The number of rotatable bonds is 4. The van der Waals surface area contributed by atoms with Crippen molar-refractivity contribution in [1.82, 2.24) is 9.80 Å². The number of carbonyl (C=O) groups excluding carboxylic acids is 2. The average molecular weight is 380 g/mol. The predicted octanol–water partition coefficient (Wildman–Crippen LogP) is 0.808. The zero-order valence-corrected chi connectivity index (χ0v) is 15.7. The maximum Gasteiger partial charge on any atom is 0.254 e. The number of carbonyl (C=O) groups is 2. The Labute approximate surface area is 153 Å². The van der Waals surface area contributed by atoms with Crippen molar-refractivity contribution in [2.45, 2.75) is 19.4 Å². The molecule has 1 unspecified atom stereocenters. The van der Waals surface area contributed by atoms with Crippen LogP contribution in [0.2, 0.25) is 0 Å². The van der Waals surface area contributed by atoms with Crippen molar-refractivity contribution >= 4 is 21.7 Å². The minimum atomic E-state index is -3.05. The predicted molar refractivity (Wildman–Crippen MR) is 96.9 cm³/mol. The number of hydrogen-bond donors (Lipinski definition) is 0. The minimum Gasteiger partial charge on any atom is -0.378 e. The average Bonchev–Trinajstić information content (AvgIpc) is 3.02. The Hall–Kier alpha value is -1.93. The van der Waals surface area contributed by atoms with Gasteiger partial charge in [0.25, 0.3) is 11.8 Å². The molecule has 2 aliphatic heterocycles. The summed E-state index contributed by atoms with van der Waals surface area (Å²) in [6.07, 6.45) is 0.482. The number of sulfone groups is 1. The molecule has 1 aromatic rings. The van der Waals surface area contributed by atoms with Gasteiger partial charge in [-0.05, 0) is 37.6 Å². The van der Waals surface area contributed by atoms with Crippen LogP contribution in [0.1, 0.15) is 34.1 Å². The first-order valence-electron chi connectivity index (χ1n) is 8.90. The smallest absolute Gasteiger partial charge is 0.254 e. The van der Waals surface area contributed by atoms with E-state index in [1.807, 2.05) is 6.92 Å². The number of nitrogens with zero attached hydrogens (tertiary/aromatic N) is 2. The molecule has 2 saturated heterocycles. The van der Waals surface area contributed by atoms with Crippen LogP contribution in [-0.4, -0.2) is 80.4 Å². The Morgan fingerprint density at radius 2 is 1.77 bits per heavy atom. The lowest BCUT2D eigenvalue weighted by molar-refractivity contribution is 0.0303. The number of ether oxygens (including phenoxy) is 1. The monoisotopic (exact) mass is 380 g/mol. The summed E-state index contributed by atoms with van der Waals surface area (Å²) in [7, 11) is -3.05. The third-order valence-corrected chi connectivity index (χ3v) is 6.68. The molecule has 2 amide bonds. The van der Waals surface area contributed by atoms with Gasteiger partial charge in [0.15, 0.2) is 9.84 Å². The van der Waals surface area contributed by atoms with Crippen LogP contribution in [0.5, 0.6) is 0 Å². The Morgan fingerprint density at radius 1 is 1.15 bits per heavy atom. The van der Waals surface area contributed by atoms with Crippen LogP contribution in [0.3, 0.4) is 0 Å². The normalized spacial score (nSPS) is 22.2. The second kappa shape index (κ2) is 7.75. The van der Waals surface area contributed by atoms with E-state index in [2.05, 4.69) is 0 Å². The molecule has 2 aliphatic rings. The van der Waals surface area contributed by atoms with E-state index in [1.165, 1.54) is 0 Å². The molecule has 0 radical (unpaired) electrons. The summed E-state index contributed by atoms with van der Waals surface area (Å²) in [6, 6.07) is 6.32. The third-order valence-electron chi connectivity index (χ3n) is 4.93. The largest absolute Gasteiger partial charge is 0.378 e. The molecule has 3 rings (SSSR count). The Morgan fingerprint density at radius 3 is 2.31 bits per heavy atom. The first-order chi connectivity index (χ1) is 12.4. The van der Waals surface area contributed by atoms with Crippen molar-refractivity contribution in [3.8, 4) is 0 Å². The Kier molecular flexibility index (Phi) is 5.62. The van der Waals surface area contributed by atoms with Gasteiger partial charge in [-0.1, -0.05) is 0 Å². The molecule has 1 atom stereocenters. The second-order valence-corrected chi connectivity index (χ2v) is 8.86. The van der Waals surface area contributed by atoms with Gasteiger partial charge in [-0.15, -0.1) is 0 Å². The molecule has 1 aromatic carbocycles. The highest BCUT2D eigenvalue weighted by atomic mass is 32.2. The molecule has 0 N–H and O–H groups in total. The van der Waals surface area contributed by atoms with Crippen LogP contribution in [0.4, 0.5) is 0 Å². The highest BCUT2D eigenvalue weighted by Gasteiger charge is 2.34. The standard InChI is InChI=1S/C18H24N2O5S/c1-2-20(16-7-12-26(23,24)13-16)18(22)15-5-3-14(4-6-15)17(21)19-8-10-25-11-9-19/h3-6,16H,2,7-13H2,1H3. The first-order valence-corrected chi connectivity index (χ1v) is 10.7. The Bertz CT molecular complexity index is 769. The number of benzene rings is 1. The van der Waals surface area contributed by atoms with Gasteiger partial charge in [-0.2, -0.15) is 0 Å². The van der Waals surface area contributed by atoms with Crippen LogP contribution in [0.15, 0.2) is 24.3 Å². The molecule has 0 bridgehead atoms. The van der Waals surface area contributed by atoms with Gasteiger partial charge < -0.3 is 14.5 Å². The molecule has 8 heteroatoms. The molecule has 7 nitrogen and oxygen atoms in total. The Balaban J connectivity index is 1.70. The SMILES string of the molecule is CCN(C(=O)c1ccc(C(=O)N2CCOCC2)cc1)C1CCS(=O)(=O)C1. The van der Waals surface area contributed by atoms with E-state index in [4.69, 9.17) is 4.74 Å². The van der Waals surface area contributed by atoms with Crippen molar-refractivity contribution in [2.24, 2.45) is 0 Å². The van der Waals surface area contributed by atoms with Crippen LogP contribution in [0, 0.1) is 0 Å². The molecule has 0 spiro atoms. The van der Waals surface area contributed by atoms with E-state index in [0.29, 0.717) is 50.4 Å². The lowest BCUT2D eigenvalue weighted by Crippen LogP contribution is -2.41. The summed E-state index contributed by atoms with van der Waals surface area (Å²) in [4.78, 5) is 28.6. The van der Waals surface area contributed by atoms with Gasteiger partial charge in [0.05, 0.1) is 24.7 Å². The summed E-state index contributed by atoms with van der Waals surface area (Å²) < 4.78 is 28.7. The van der Waals surface area contributed by atoms with Gasteiger partial charge in [0.1, 0.15) is 0 Å². The second-order valence-electron chi connectivity index (χ2n) is 6.63. The molecule has 2 heterocycles. The van der Waals surface area contributed by atoms with E-state index in [1.54, 1.807) is 34.1 Å². The molecule has 0 saturated carbocycles. The first kappa shape index (κ1) is 18.8. The fourth-order valence-electron chi connectivity index (χ4n) is 3.46. The van der Waals surface area contributed by atoms with Crippen LogP contribution >= 0.6 is 0 Å². The minimum absolute atomic E-state index is 0.0280. The molecule has 0 aromatic heterocycles. The number of hydrogen-bond acceptors (Lipinski definition) is 5. The third kappa shape index (κ3) is 4.07. The van der Waals surface area contributed by atoms with E-state index >= 15 is 0 Å². The van der Waals surface area contributed by atoms with Crippen LogP contribution < -0.4 is 0 Å². The van der Waals surface area contributed by atoms with E-state index in [0.717, 1.165) is 0 Å². The lowest BCUT2D eigenvalue weighted by Gasteiger charge is -2.28. The number of morpholine rings is 1. The summed E-state index contributed by atoms with van der Waals surface area (Å²) in [6.45, 7) is 4.52. The molecule has 0 aliphatic carbocycles. The fraction of sp³-hybridized carbons (Fsp3) is 0.556. The summed E-state index contributed by atoms with van der Waals surface area (Å²) >= 11 is 0. The lowest BCUT2D eigenvalue weighted by atomic mass is 10.1. The molecule has 26 heavy (non-hydrogen) atoms. The zero-order chi connectivity index (χ0) is 18.7. The molecule has 2 fully saturated rings. The van der Waals surface area contributed by atoms with Gasteiger partial charge in [-0.25, -0.2) is 8.42 Å². The van der Waals surface area contributed by atoms with Crippen molar-refractivity contribution in [2.75, 3.05) is 44.4 Å². The highest BCUT2D eigenvalue weighted by molar-refractivity contribution is 7.91. The van der Waals surface area contributed by atoms with Crippen molar-refractivity contribution in [3.63, 3.8) is 0 Å². The quantitative estimate of drug-likeness (QED) is 0.772.